The first-order valence-corrected chi connectivity index (χ1v) is 7.42. The molecular formula is C17H15BrN2O. The van der Waals surface area contributed by atoms with Gasteiger partial charge in [-0.15, -0.1) is 0 Å². The number of hydrogen-bond acceptors (Lipinski definition) is 3. The van der Waals surface area contributed by atoms with Gasteiger partial charge in [0.1, 0.15) is 5.75 Å². The van der Waals surface area contributed by atoms with E-state index in [4.69, 9.17) is 10.5 Å². The molecule has 0 aliphatic carbocycles. The van der Waals surface area contributed by atoms with Crippen LogP contribution in [0.4, 0.5) is 0 Å². The Hall–Kier alpha value is -1.91. The van der Waals surface area contributed by atoms with Crippen LogP contribution in [0.25, 0.3) is 10.9 Å². The van der Waals surface area contributed by atoms with Crippen LogP contribution in [0.2, 0.25) is 0 Å². The van der Waals surface area contributed by atoms with Crippen molar-refractivity contribution in [1.29, 1.82) is 0 Å². The van der Waals surface area contributed by atoms with Gasteiger partial charge in [-0.3, -0.25) is 4.98 Å². The predicted molar refractivity (Wildman–Crippen MR) is 88.5 cm³/mol. The van der Waals surface area contributed by atoms with Gasteiger partial charge in [-0.25, -0.2) is 0 Å². The fraction of sp³-hybridized carbons (Fsp3) is 0.118. The first kappa shape index (κ1) is 14.0. The summed E-state index contributed by atoms with van der Waals surface area (Å²) in [6.45, 7) is 0. The molecule has 3 rings (SSSR count). The molecule has 106 valence electrons. The maximum Gasteiger partial charge on any atom is 0.119 e. The molecule has 1 aromatic heterocycles. The minimum absolute atomic E-state index is 0.258. The molecule has 1 unspecified atom stereocenters. The maximum absolute atomic E-state index is 6.41. The van der Waals surface area contributed by atoms with Gasteiger partial charge in [0.15, 0.2) is 0 Å². The number of ether oxygens (including phenoxy) is 1. The second-order valence-corrected chi connectivity index (χ2v) is 5.68. The van der Waals surface area contributed by atoms with Gasteiger partial charge in [-0.05, 0) is 41.5 Å². The van der Waals surface area contributed by atoms with E-state index >= 15 is 0 Å². The number of para-hydroxylation sites is 1. The van der Waals surface area contributed by atoms with E-state index in [1.165, 1.54) is 0 Å². The largest absolute Gasteiger partial charge is 0.497 e. The van der Waals surface area contributed by atoms with Crippen LogP contribution in [0.1, 0.15) is 17.2 Å². The third-order valence-corrected chi connectivity index (χ3v) is 4.23. The van der Waals surface area contributed by atoms with E-state index in [2.05, 4.69) is 27.0 Å². The summed E-state index contributed by atoms with van der Waals surface area (Å²) in [7, 11) is 1.65. The Labute approximate surface area is 131 Å². The lowest BCUT2D eigenvalue weighted by Crippen LogP contribution is -2.13. The smallest absolute Gasteiger partial charge is 0.119 e. The molecule has 2 N–H and O–H groups in total. The van der Waals surface area contributed by atoms with Crippen LogP contribution < -0.4 is 10.5 Å². The molecule has 3 aromatic rings. The fourth-order valence-electron chi connectivity index (χ4n) is 2.32. The van der Waals surface area contributed by atoms with E-state index in [0.29, 0.717) is 0 Å². The van der Waals surface area contributed by atoms with Crippen molar-refractivity contribution in [3.05, 3.63) is 70.3 Å². The normalized spacial score (nSPS) is 12.3. The second-order valence-electron chi connectivity index (χ2n) is 4.83. The Balaban J connectivity index is 2.05. The number of pyridine rings is 1. The summed E-state index contributed by atoms with van der Waals surface area (Å²) in [5.74, 6) is 0.789. The lowest BCUT2D eigenvalue weighted by atomic mass is 9.99. The van der Waals surface area contributed by atoms with Crippen LogP contribution in [0.3, 0.4) is 0 Å². The van der Waals surface area contributed by atoms with Crippen molar-refractivity contribution in [3.63, 3.8) is 0 Å². The van der Waals surface area contributed by atoms with E-state index < -0.39 is 0 Å². The summed E-state index contributed by atoms with van der Waals surface area (Å²) in [6.07, 6.45) is 1.83. The summed E-state index contributed by atoms with van der Waals surface area (Å²) in [6, 6.07) is 15.6. The lowest BCUT2D eigenvalue weighted by Gasteiger charge is -2.16. The number of nitrogens with two attached hydrogens (primary N) is 1. The zero-order valence-corrected chi connectivity index (χ0v) is 13.2. The average molecular weight is 343 g/mol. The molecule has 0 fully saturated rings. The predicted octanol–water partition coefficient (Wildman–Crippen LogP) is 4.05. The van der Waals surface area contributed by atoms with E-state index in [9.17, 15) is 0 Å². The Morgan fingerprint density at radius 1 is 1.14 bits per heavy atom. The summed E-state index contributed by atoms with van der Waals surface area (Å²) in [5.41, 5.74) is 9.33. The molecular weight excluding hydrogens is 328 g/mol. The van der Waals surface area contributed by atoms with Crippen molar-refractivity contribution in [2.45, 2.75) is 6.04 Å². The number of nitrogens with zero attached hydrogens (tertiary/aromatic N) is 1. The number of fused-ring (bicyclic) bond motifs is 1. The number of rotatable bonds is 3. The van der Waals surface area contributed by atoms with Crippen LogP contribution in [0.5, 0.6) is 5.75 Å². The molecule has 1 heterocycles. The molecule has 0 amide bonds. The van der Waals surface area contributed by atoms with Gasteiger partial charge >= 0.3 is 0 Å². The van der Waals surface area contributed by atoms with E-state index in [-0.39, 0.29) is 6.04 Å². The molecule has 2 aromatic carbocycles. The van der Waals surface area contributed by atoms with E-state index in [1.807, 2.05) is 48.7 Å². The van der Waals surface area contributed by atoms with E-state index in [0.717, 1.165) is 32.3 Å². The van der Waals surface area contributed by atoms with Crippen LogP contribution in [0.15, 0.2) is 59.2 Å². The van der Waals surface area contributed by atoms with Crippen molar-refractivity contribution < 1.29 is 4.74 Å². The van der Waals surface area contributed by atoms with E-state index in [1.54, 1.807) is 7.11 Å². The monoisotopic (exact) mass is 342 g/mol. The topological polar surface area (TPSA) is 48.1 Å². The number of hydrogen-bond donors (Lipinski definition) is 1. The molecule has 0 saturated carbocycles. The Kier molecular flexibility index (Phi) is 3.90. The second kappa shape index (κ2) is 5.84. The number of benzene rings is 2. The lowest BCUT2D eigenvalue weighted by molar-refractivity contribution is 0.414. The van der Waals surface area contributed by atoms with Crippen molar-refractivity contribution in [2.24, 2.45) is 5.73 Å². The summed E-state index contributed by atoms with van der Waals surface area (Å²) < 4.78 is 6.24. The average Bonchev–Trinajstić information content (AvgIpc) is 2.54. The van der Waals surface area contributed by atoms with Crippen LogP contribution in [-0.4, -0.2) is 12.1 Å². The zero-order valence-electron chi connectivity index (χ0n) is 11.6. The molecule has 21 heavy (non-hydrogen) atoms. The molecule has 0 spiro atoms. The van der Waals surface area contributed by atoms with Gasteiger partial charge in [0, 0.05) is 16.1 Å². The fourth-order valence-corrected chi connectivity index (χ4v) is 2.82. The van der Waals surface area contributed by atoms with Gasteiger partial charge in [-0.2, -0.15) is 0 Å². The third kappa shape index (κ3) is 2.77. The first-order valence-electron chi connectivity index (χ1n) is 6.63. The van der Waals surface area contributed by atoms with Crippen molar-refractivity contribution >= 4 is 26.8 Å². The Bertz CT molecular complexity index is 789. The van der Waals surface area contributed by atoms with Gasteiger partial charge in [0.05, 0.1) is 18.7 Å². The molecule has 0 saturated heterocycles. The minimum atomic E-state index is -0.258. The summed E-state index contributed by atoms with van der Waals surface area (Å²) in [5, 5.41) is 1.09. The van der Waals surface area contributed by atoms with Gasteiger partial charge in [-0.1, -0.05) is 34.1 Å². The molecule has 3 nitrogen and oxygen atoms in total. The van der Waals surface area contributed by atoms with Crippen molar-refractivity contribution in [3.8, 4) is 5.75 Å². The number of halogens is 1. The van der Waals surface area contributed by atoms with Gasteiger partial charge < -0.3 is 10.5 Å². The van der Waals surface area contributed by atoms with Crippen LogP contribution in [0, 0.1) is 0 Å². The molecule has 0 radical (unpaired) electrons. The first-order chi connectivity index (χ1) is 10.2. The standard InChI is InChI=1S/C17H15BrN2O/c1-21-13-6-7-15(18)14(9-13)17(19)12-8-11-4-2-3-5-16(11)20-10-12/h2-10,17H,19H2,1H3. The Morgan fingerprint density at radius 3 is 2.76 bits per heavy atom. The highest BCUT2D eigenvalue weighted by molar-refractivity contribution is 9.10. The quantitative estimate of drug-likeness (QED) is 0.780. The highest BCUT2D eigenvalue weighted by Gasteiger charge is 2.14. The SMILES string of the molecule is COc1ccc(Br)c(C(N)c2cnc3ccccc3c2)c1. The van der Waals surface area contributed by atoms with Crippen LogP contribution >= 0.6 is 15.9 Å². The molecule has 4 heteroatoms. The van der Waals surface area contributed by atoms with Crippen molar-refractivity contribution in [1.82, 2.24) is 4.98 Å². The molecule has 1 atom stereocenters. The van der Waals surface area contributed by atoms with Crippen molar-refractivity contribution in [2.75, 3.05) is 7.11 Å². The number of aromatic nitrogens is 1. The van der Waals surface area contributed by atoms with Gasteiger partial charge in [0.25, 0.3) is 0 Å². The highest BCUT2D eigenvalue weighted by Crippen LogP contribution is 2.30. The highest BCUT2D eigenvalue weighted by atomic mass is 79.9. The molecule has 0 aliphatic heterocycles. The van der Waals surface area contributed by atoms with Crippen LogP contribution in [-0.2, 0) is 0 Å². The zero-order chi connectivity index (χ0) is 14.8. The third-order valence-electron chi connectivity index (χ3n) is 3.51. The maximum atomic E-state index is 6.41. The summed E-state index contributed by atoms with van der Waals surface area (Å²) >= 11 is 3.55. The molecule has 0 aliphatic rings. The summed E-state index contributed by atoms with van der Waals surface area (Å²) in [4.78, 5) is 4.47. The Morgan fingerprint density at radius 2 is 1.95 bits per heavy atom. The minimum Gasteiger partial charge on any atom is -0.497 e. The molecule has 0 bridgehead atoms. The number of methoxy groups -OCH3 is 1. The van der Waals surface area contributed by atoms with Gasteiger partial charge in [0.2, 0.25) is 0 Å².